The van der Waals surface area contributed by atoms with Gasteiger partial charge in [0.25, 0.3) is 0 Å². The van der Waals surface area contributed by atoms with Crippen LogP contribution < -0.4 is 10.6 Å². The van der Waals surface area contributed by atoms with Crippen molar-refractivity contribution in [2.75, 3.05) is 25.0 Å². The molecule has 0 radical (unpaired) electrons. The maximum atomic E-state index is 13.2. The van der Waals surface area contributed by atoms with Crippen LogP contribution in [0.15, 0.2) is 24.3 Å². The van der Waals surface area contributed by atoms with Crippen LogP contribution >= 0.6 is 0 Å². The van der Waals surface area contributed by atoms with Gasteiger partial charge < -0.3 is 15.4 Å². The van der Waals surface area contributed by atoms with Gasteiger partial charge in [0.15, 0.2) is 0 Å². The van der Waals surface area contributed by atoms with Crippen molar-refractivity contribution in [1.82, 2.24) is 10.2 Å². The summed E-state index contributed by atoms with van der Waals surface area (Å²) < 4.78 is 5.54. The maximum absolute atomic E-state index is 13.2. The van der Waals surface area contributed by atoms with Gasteiger partial charge in [-0.1, -0.05) is 18.2 Å². The summed E-state index contributed by atoms with van der Waals surface area (Å²) in [6, 6.07) is 8.14. The molecule has 6 nitrogen and oxygen atoms in total. The minimum absolute atomic E-state index is 0.0131. The number of amides is 2. The van der Waals surface area contributed by atoms with Gasteiger partial charge >= 0.3 is 0 Å². The number of carbonyl (C=O) groups excluding carboxylic acids is 2. The molecular weight excluding hydrogens is 342 g/mol. The average Bonchev–Trinajstić information content (AvgIpc) is 3.29. The van der Waals surface area contributed by atoms with E-state index in [2.05, 4.69) is 15.5 Å². The summed E-state index contributed by atoms with van der Waals surface area (Å²) in [5.41, 5.74) is 0.955. The molecule has 3 atom stereocenters. The molecule has 0 bridgehead atoms. The molecule has 3 aliphatic heterocycles. The highest BCUT2D eigenvalue weighted by Gasteiger charge is 2.65. The van der Waals surface area contributed by atoms with Crippen LogP contribution in [0.3, 0.4) is 0 Å². The molecule has 3 unspecified atom stereocenters. The third-order valence-electron chi connectivity index (χ3n) is 6.16. The van der Waals surface area contributed by atoms with Gasteiger partial charge in [0.1, 0.15) is 5.54 Å². The van der Waals surface area contributed by atoms with Crippen LogP contribution in [-0.2, 0) is 19.9 Å². The van der Waals surface area contributed by atoms with Crippen LogP contribution in [0, 0.1) is 5.92 Å². The molecule has 3 aliphatic rings. The fourth-order valence-corrected chi connectivity index (χ4v) is 5.11. The largest absolute Gasteiger partial charge is 0.379 e. The molecule has 1 spiro atoms. The van der Waals surface area contributed by atoms with Crippen molar-refractivity contribution in [3.05, 3.63) is 29.8 Å². The first-order chi connectivity index (χ1) is 13.0. The van der Waals surface area contributed by atoms with Gasteiger partial charge in [0, 0.05) is 30.4 Å². The number of carbonyl (C=O) groups is 2. The summed E-state index contributed by atoms with van der Waals surface area (Å²) in [7, 11) is 0. The molecule has 2 amide bonds. The predicted molar refractivity (Wildman–Crippen MR) is 103 cm³/mol. The summed E-state index contributed by atoms with van der Waals surface area (Å²) in [4.78, 5) is 28.6. The van der Waals surface area contributed by atoms with E-state index in [0.29, 0.717) is 19.2 Å². The van der Waals surface area contributed by atoms with Crippen LogP contribution in [0.4, 0.5) is 5.69 Å². The third kappa shape index (κ3) is 2.95. The number of fused-ring (bicyclic) bond motifs is 4. The lowest BCUT2D eigenvalue weighted by molar-refractivity contribution is -0.137. The second kappa shape index (κ2) is 7.24. The fourth-order valence-electron chi connectivity index (χ4n) is 5.11. The third-order valence-corrected chi connectivity index (χ3v) is 6.16. The Morgan fingerprint density at radius 1 is 1.41 bits per heavy atom. The Morgan fingerprint density at radius 2 is 2.22 bits per heavy atom. The Kier molecular flexibility index (Phi) is 4.95. The average molecular weight is 371 g/mol. The monoisotopic (exact) mass is 371 g/mol. The zero-order valence-electron chi connectivity index (χ0n) is 16.2. The van der Waals surface area contributed by atoms with Crippen molar-refractivity contribution in [3.63, 3.8) is 0 Å². The van der Waals surface area contributed by atoms with E-state index >= 15 is 0 Å². The molecule has 27 heavy (non-hydrogen) atoms. The molecule has 2 N–H and O–H groups in total. The Hall–Kier alpha value is -1.92. The van der Waals surface area contributed by atoms with Crippen molar-refractivity contribution in [2.45, 2.75) is 57.2 Å². The first-order valence-corrected chi connectivity index (χ1v) is 10.1. The Balaban J connectivity index is 1.55. The normalized spacial score (nSPS) is 29.2. The van der Waals surface area contributed by atoms with Gasteiger partial charge in [-0.15, -0.1) is 0 Å². The summed E-state index contributed by atoms with van der Waals surface area (Å²) in [6.07, 6.45) is 3.87. The molecule has 146 valence electrons. The lowest BCUT2D eigenvalue weighted by Crippen LogP contribution is -2.54. The van der Waals surface area contributed by atoms with E-state index < -0.39 is 5.54 Å². The fraction of sp³-hybridized carbons (Fsp3) is 0.619. The molecule has 2 fully saturated rings. The first-order valence-electron chi connectivity index (χ1n) is 10.1. The highest BCUT2D eigenvalue weighted by molar-refractivity contribution is 6.09. The number of hydrogen-bond donors (Lipinski definition) is 2. The topological polar surface area (TPSA) is 70.7 Å². The molecular formula is C21H29N3O3. The Labute approximate surface area is 160 Å². The highest BCUT2D eigenvalue weighted by Crippen LogP contribution is 2.55. The van der Waals surface area contributed by atoms with Gasteiger partial charge in [-0.3, -0.25) is 14.5 Å². The van der Waals surface area contributed by atoms with E-state index in [-0.39, 0.29) is 23.8 Å². The molecule has 1 aromatic rings. The maximum Gasteiger partial charge on any atom is 0.250 e. The zero-order valence-corrected chi connectivity index (χ0v) is 16.2. The standard InChI is InChI=1S/C21H29N3O3/c1-14(2)27-12-6-10-22-19(25)17-13-15-7-5-11-24(15)21(17)16-8-3-4-9-18(16)23-20(21)26/h3-4,8-9,14-15,17H,5-7,10-13H2,1-2H3,(H,22,25)(H,23,26). The first kappa shape index (κ1) is 18.4. The summed E-state index contributed by atoms with van der Waals surface area (Å²) in [5.74, 6) is -0.408. The number of hydrogen-bond acceptors (Lipinski definition) is 4. The smallest absolute Gasteiger partial charge is 0.250 e. The molecule has 0 aliphatic carbocycles. The van der Waals surface area contributed by atoms with Gasteiger partial charge in [-0.2, -0.15) is 0 Å². The van der Waals surface area contributed by atoms with Crippen molar-refractivity contribution in [2.24, 2.45) is 5.92 Å². The lowest BCUT2D eigenvalue weighted by Gasteiger charge is -2.36. The molecule has 0 aromatic heterocycles. The Morgan fingerprint density at radius 3 is 3.04 bits per heavy atom. The second-order valence-corrected chi connectivity index (χ2v) is 8.11. The van der Waals surface area contributed by atoms with Crippen LogP contribution in [-0.4, -0.2) is 48.6 Å². The summed E-state index contributed by atoms with van der Waals surface area (Å²) in [5, 5.41) is 6.10. The number of benzene rings is 1. The summed E-state index contributed by atoms with van der Waals surface area (Å²) in [6.45, 7) is 6.09. The van der Waals surface area contributed by atoms with E-state index in [4.69, 9.17) is 4.74 Å². The number of nitrogens with zero attached hydrogens (tertiary/aromatic N) is 1. The van der Waals surface area contributed by atoms with E-state index in [1.54, 1.807) is 0 Å². The number of nitrogens with one attached hydrogen (secondary N) is 2. The highest BCUT2D eigenvalue weighted by atomic mass is 16.5. The molecule has 2 saturated heterocycles. The van der Waals surface area contributed by atoms with Crippen molar-refractivity contribution >= 4 is 17.5 Å². The van der Waals surface area contributed by atoms with E-state index in [1.165, 1.54) is 0 Å². The minimum Gasteiger partial charge on any atom is -0.379 e. The van der Waals surface area contributed by atoms with Crippen molar-refractivity contribution < 1.29 is 14.3 Å². The predicted octanol–water partition coefficient (Wildman–Crippen LogP) is 2.25. The number of ether oxygens (including phenoxy) is 1. The number of rotatable bonds is 6. The minimum atomic E-state index is -0.851. The summed E-state index contributed by atoms with van der Waals surface area (Å²) >= 11 is 0. The van der Waals surface area contributed by atoms with E-state index in [0.717, 1.165) is 43.5 Å². The molecule has 3 heterocycles. The van der Waals surface area contributed by atoms with Crippen LogP contribution in [0.25, 0.3) is 0 Å². The molecule has 4 rings (SSSR count). The number of para-hydroxylation sites is 1. The quantitative estimate of drug-likeness (QED) is 0.753. The van der Waals surface area contributed by atoms with Crippen LogP contribution in [0.2, 0.25) is 0 Å². The van der Waals surface area contributed by atoms with Gasteiger partial charge in [0.2, 0.25) is 11.8 Å². The zero-order chi connectivity index (χ0) is 19.0. The SMILES string of the molecule is CC(C)OCCCNC(=O)C1CC2CCCN2C12C(=O)Nc1ccccc12. The van der Waals surface area contributed by atoms with Crippen molar-refractivity contribution in [3.8, 4) is 0 Å². The van der Waals surface area contributed by atoms with Gasteiger partial charge in [0.05, 0.1) is 12.0 Å². The van der Waals surface area contributed by atoms with E-state index in [9.17, 15) is 9.59 Å². The second-order valence-electron chi connectivity index (χ2n) is 8.11. The Bertz CT molecular complexity index is 735. The van der Waals surface area contributed by atoms with Crippen LogP contribution in [0.5, 0.6) is 0 Å². The lowest BCUT2D eigenvalue weighted by atomic mass is 9.78. The molecule has 6 heteroatoms. The van der Waals surface area contributed by atoms with Gasteiger partial charge in [-0.05, 0) is 52.1 Å². The molecule has 0 saturated carbocycles. The number of anilines is 1. The molecule has 1 aromatic carbocycles. The van der Waals surface area contributed by atoms with Crippen molar-refractivity contribution in [1.29, 1.82) is 0 Å². The van der Waals surface area contributed by atoms with E-state index in [1.807, 2.05) is 38.1 Å². The van der Waals surface area contributed by atoms with Crippen LogP contribution in [0.1, 0.15) is 45.1 Å². The van der Waals surface area contributed by atoms with Gasteiger partial charge in [-0.25, -0.2) is 0 Å².